The first-order chi connectivity index (χ1) is 22.3. The normalized spacial score (nSPS) is 15.0. The minimum absolute atomic E-state index is 0.0622. The number of nitrogens with one attached hydrogen (secondary N) is 1. The highest BCUT2D eigenvalue weighted by molar-refractivity contribution is 7.47. The molecular formula is C36H75N2O7P. The molecule has 0 fully saturated rings. The van der Waals surface area contributed by atoms with Crippen LogP contribution in [0.15, 0.2) is 0 Å². The Bertz CT molecular complexity index is 716. The average Bonchev–Trinajstić information content (AvgIpc) is 3.03. The third-order valence-electron chi connectivity index (χ3n) is 8.77. The SMILES string of the molecule is CCCCCCCCCCCCCCC(O)CC(=O)NC(COP(=O)(O)OCCN)C(O)CCCCCCCCCCCCCC. The number of unbranched alkanes of at least 4 members (excludes halogenated alkanes) is 22. The number of phosphoric acid groups is 1. The summed E-state index contributed by atoms with van der Waals surface area (Å²) in [5.74, 6) is -0.413. The fourth-order valence-corrected chi connectivity index (χ4v) is 6.59. The zero-order chi connectivity index (χ0) is 34.1. The van der Waals surface area contributed by atoms with E-state index in [0.29, 0.717) is 12.8 Å². The van der Waals surface area contributed by atoms with Crippen molar-refractivity contribution in [3.05, 3.63) is 0 Å². The Kier molecular flexibility index (Phi) is 32.6. The molecule has 4 unspecified atom stereocenters. The van der Waals surface area contributed by atoms with E-state index in [-0.39, 0.29) is 26.2 Å². The lowest BCUT2D eigenvalue weighted by atomic mass is 10.0. The first kappa shape index (κ1) is 45.5. The summed E-state index contributed by atoms with van der Waals surface area (Å²) in [4.78, 5) is 22.6. The average molecular weight is 679 g/mol. The zero-order valence-electron chi connectivity index (χ0n) is 29.9. The first-order valence-corrected chi connectivity index (χ1v) is 20.7. The van der Waals surface area contributed by atoms with Crippen LogP contribution in [0, 0.1) is 0 Å². The van der Waals surface area contributed by atoms with Gasteiger partial charge in [-0.25, -0.2) is 4.57 Å². The van der Waals surface area contributed by atoms with Crippen LogP contribution >= 0.6 is 7.82 Å². The molecule has 4 atom stereocenters. The number of hydrogen-bond acceptors (Lipinski definition) is 7. The molecule has 46 heavy (non-hydrogen) atoms. The van der Waals surface area contributed by atoms with Gasteiger partial charge < -0.3 is 26.2 Å². The van der Waals surface area contributed by atoms with E-state index in [1.807, 2.05) is 0 Å². The zero-order valence-corrected chi connectivity index (χ0v) is 30.8. The fourth-order valence-electron chi connectivity index (χ4n) is 5.83. The van der Waals surface area contributed by atoms with Crippen molar-refractivity contribution < 1.29 is 33.5 Å². The van der Waals surface area contributed by atoms with Crippen LogP contribution in [0.5, 0.6) is 0 Å². The summed E-state index contributed by atoms with van der Waals surface area (Å²) < 4.78 is 22.0. The van der Waals surface area contributed by atoms with Gasteiger partial charge in [0.15, 0.2) is 0 Å². The Morgan fingerprint density at radius 3 is 1.46 bits per heavy atom. The van der Waals surface area contributed by atoms with Crippen molar-refractivity contribution in [2.24, 2.45) is 5.73 Å². The molecule has 0 radical (unpaired) electrons. The van der Waals surface area contributed by atoms with E-state index < -0.39 is 32.0 Å². The predicted molar refractivity (Wildman–Crippen MR) is 191 cm³/mol. The molecule has 0 aliphatic carbocycles. The smallest absolute Gasteiger partial charge is 0.393 e. The Morgan fingerprint density at radius 2 is 1.04 bits per heavy atom. The molecule has 276 valence electrons. The molecule has 0 aliphatic heterocycles. The van der Waals surface area contributed by atoms with Crippen molar-refractivity contribution in [2.45, 2.75) is 205 Å². The molecule has 0 aromatic rings. The van der Waals surface area contributed by atoms with Gasteiger partial charge in [0.25, 0.3) is 0 Å². The number of rotatable bonds is 36. The van der Waals surface area contributed by atoms with E-state index in [1.165, 1.54) is 116 Å². The van der Waals surface area contributed by atoms with Crippen molar-refractivity contribution in [2.75, 3.05) is 19.8 Å². The van der Waals surface area contributed by atoms with Gasteiger partial charge in [-0.3, -0.25) is 13.8 Å². The van der Waals surface area contributed by atoms with Crippen LogP contribution in [0.2, 0.25) is 0 Å². The molecule has 0 bridgehead atoms. The molecule has 9 nitrogen and oxygen atoms in total. The van der Waals surface area contributed by atoms with E-state index in [9.17, 15) is 24.5 Å². The van der Waals surface area contributed by atoms with Crippen molar-refractivity contribution in [3.8, 4) is 0 Å². The quantitative estimate of drug-likeness (QED) is 0.0326. The molecule has 1 amide bonds. The molecule has 6 N–H and O–H groups in total. The van der Waals surface area contributed by atoms with Gasteiger partial charge in [-0.1, -0.05) is 168 Å². The van der Waals surface area contributed by atoms with Gasteiger partial charge in [-0.15, -0.1) is 0 Å². The summed E-state index contributed by atoms with van der Waals surface area (Å²) in [6.07, 6.45) is 28.5. The van der Waals surface area contributed by atoms with Crippen LogP contribution in [0.4, 0.5) is 0 Å². The number of aliphatic hydroxyl groups excluding tert-OH is 2. The Hall–Kier alpha value is -0.540. The third kappa shape index (κ3) is 30.8. The standard InChI is InChI=1S/C36H75N2O7P/c1-3-5-7-9-11-13-15-17-19-21-23-25-27-33(39)31-36(41)38-34(32-45-46(42,43)44-30-29-37)35(40)28-26-24-22-20-18-16-14-12-10-8-6-4-2/h33-35,39-40H,3-32,37H2,1-2H3,(H,38,41)(H,42,43). The minimum Gasteiger partial charge on any atom is -0.393 e. The van der Waals surface area contributed by atoms with Gasteiger partial charge in [0.1, 0.15) is 0 Å². The number of amides is 1. The maximum atomic E-state index is 12.7. The minimum atomic E-state index is -4.36. The molecule has 0 aromatic carbocycles. The Balaban J connectivity index is 4.35. The third-order valence-corrected chi connectivity index (χ3v) is 9.75. The molecule has 0 aromatic heterocycles. The number of phosphoric ester groups is 1. The highest BCUT2D eigenvalue weighted by Crippen LogP contribution is 2.43. The second-order valence-corrected chi connectivity index (χ2v) is 14.8. The highest BCUT2D eigenvalue weighted by Gasteiger charge is 2.28. The predicted octanol–water partition coefficient (Wildman–Crippen LogP) is 8.86. The van der Waals surface area contributed by atoms with E-state index in [2.05, 4.69) is 19.2 Å². The van der Waals surface area contributed by atoms with Gasteiger partial charge in [0.05, 0.1) is 37.9 Å². The highest BCUT2D eigenvalue weighted by atomic mass is 31.2. The summed E-state index contributed by atoms with van der Waals surface area (Å²) in [5.41, 5.74) is 5.35. The largest absolute Gasteiger partial charge is 0.472 e. The first-order valence-electron chi connectivity index (χ1n) is 19.2. The van der Waals surface area contributed by atoms with E-state index >= 15 is 0 Å². The second-order valence-electron chi connectivity index (χ2n) is 13.3. The number of nitrogens with two attached hydrogens (primary N) is 1. The maximum Gasteiger partial charge on any atom is 0.472 e. The summed E-state index contributed by atoms with van der Waals surface area (Å²) >= 11 is 0. The van der Waals surface area contributed by atoms with Crippen LogP contribution in [0.25, 0.3) is 0 Å². The van der Waals surface area contributed by atoms with Gasteiger partial charge in [0, 0.05) is 6.54 Å². The molecular weight excluding hydrogens is 603 g/mol. The van der Waals surface area contributed by atoms with Crippen molar-refractivity contribution in [1.82, 2.24) is 5.32 Å². The maximum absolute atomic E-state index is 12.7. The van der Waals surface area contributed by atoms with E-state index in [0.717, 1.165) is 38.5 Å². The monoisotopic (exact) mass is 679 g/mol. The molecule has 0 spiro atoms. The fraction of sp³-hybridized carbons (Fsp3) is 0.972. The molecule has 0 saturated heterocycles. The summed E-state index contributed by atoms with van der Waals surface area (Å²) in [6.45, 7) is 4.03. The van der Waals surface area contributed by atoms with E-state index in [1.54, 1.807) is 0 Å². The lowest BCUT2D eigenvalue weighted by Gasteiger charge is -2.25. The van der Waals surface area contributed by atoms with Crippen LogP contribution in [-0.2, 0) is 18.4 Å². The summed E-state index contributed by atoms with van der Waals surface area (Å²) in [5, 5.41) is 24.0. The van der Waals surface area contributed by atoms with Crippen LogP contribution < -0.4 is 11.1 Å². The summed E-state index contributed by atoms with van der Waals surface area (Å²) in [6, 6.07) is -0.888. The molecule has 0 heterocycles. The molecule has 10 heteroatoms. The number of carbonyl (C=O) groups excluding carboxylic acids is 1. The van der Waals surface area contributed by atoms with Crippen molar-refractivity contribution in [3.63, 3.8) is 0 Å². The lowest BCUT2D eigenvalue weighted by Crippen LogP contribution is -2.47. The molecule has 0 aliphatic rings. The molecule has 0 saturated carbocycles. The van der Waals surface area contributed by atoms with Gasteiger partial charge in [-0.05, 0) is 12.8 Å². The Morgan fingerprint density at radius 1 is 0.652 bits per heavy atom. The lowest BCUT2D eigenvalue weighted by molar-refractivity contribution is -0.125. The Labute approximate surface area is 283 Å². The van der Waals surface area contributed by atoms with Crippen molar-refractivity contribution in [1.29, 1.82) is 0 Å². The second kappa shape index (κ2) is 33.0. The van der Waals surface area contributed by atoms with Crippen molar-refractivity contribution >= 4 is 13.7 Å². The summed E-state index contributed by atoms with van der Waals surface area (Å²) in [7, 11) is -4.36. The molecule has 0 rings (SSSR count). The van der Waals surface area contributed by atoms with E-state index in [4.69, 9.17) is 14.8 Å². The number of aliphatic hydroxyl groups is 2. The van der Waals surface area contributed by atoms with Gasteiger partial charge in [-0.2, -0.15) is 0 Å². The van der Waals surface area contributed by atoms with Gasteiger partial charge >= 0.3 is 7.82 Å². The topological polar surface area (TPSA) is 151 Å². The van der Waals surface area contributed by atoms with Gasteiger partial charge in [0.2, 0.25) is 5.91 Å². The van der Waals surface area contributed by atoms with Crippen LogP contribution in [0.3, 0.4) is 0 Å². The number of carbonyl (C=O) groups is 1. The van der Waals surface area contributed by atoms with Crippen LogP contribution in [0.1, 0.15) is 187 Å². The van der Waals surface area contributed by atoms with Crippen LogP contribution in [-0.4, -0.2) is 59.0 Å². The number of hydrogen-bond donors (Lipinski definition) is 5.